The Kier molecular flexibility index (Phi) is 3.62. The van der Waals surface area contributed by atoms with E-state index in [4.69, 9.17) is 0 Å². The minimum atomic E-state index is -0.00684. The van der Waals surface area contributed by atoms with Crippen molar-refractivity contribution in [2.45, 2.75) is 31.3 Å². The van der Waals surface area contributed by atoms with Crippen LogP contribution in [0.4, 0.5) is 0 Å². The molecule has 3 aromatic carbocycles. The lowest BCUT2D eigenvalue weighted by molar-refractivity contribution is 0.137. The molecule has 0 saturated carbocycles. The van der Waals surface area contributed by atoms with Crippen LogP contribution >= 0.6 is 0 Å². The van der Waals surface area contributed by atoms with Crippen LogP contribution < -0.4 is 5.69 Å². The number of H-pyrrole nitrogens is 1. The summed E-state index contributed by atoms with van der Waals surface area (Å²) in [5.41, 5.74) is 4.31. The number of benzene rings is 3. The molecule has 1 fully saturated rings. The molecule has 0 bridgehead atoms. The van der Waals surface area contributed by atoms with Crippen LogP contribution in [0.2, 0.25) is 0 Å². The maximum absolute atomic E-state index is 12.6. The Bertz CT molecular complexity index is 1290. The molecule has 0 radical (unpaired) electrons. The van der Waals surface area contributed by atoms with E-state index in [1.54, 1.807) is 0 Å². The third kappa shape index (κ3) is 2.47. The summed E-state index contributed by atoms with van der Waals surface area (Å²) in [6.07, 6.45) is 2.77. The molecule has 2 N–H and O–H groups in total. The number of aromatic nitrogens is 2. The Morgan fingerprint density at radius 2 is 1.79 bits per heavy atom. The second-order valence-electron chi connectivity index (χ2n) is 8.31. The van der Waals surface area contributed by atoms with Crippen LogP contribution in [-0.4, -0.2) is 32.6 Å². The summed E-state index contributed by atoms with van der Waals surface area (Å²) in [5.74, 6) is 0.410. The van der Waals surface area contributed by atoms with Crippen LogP contribution in [0.5, 0.6) is 5.75 Å². The van der Waals surface area contributed by atoms with E-state index >= 15 is 0 Å². The third-order valence-corrected chi connectivity index (χ3v) is 6.85. The first-order chi connectivity index (χ1) is 14.2. The molecule has 1 atom stereocenters. The number of nitrogens with one attached hydrogen (secondary N) is 1. The van der Waals surface area contributed by atoms with Gasteiger partial charge < -0.3 is 10.1 Å². The molecule has 1 saturated heterocycles. The molecule has 1 aliphatic heterocycles. The number of para-hydroxylation sites is 2. The minimum Gasteiger partial charge on any atom is -0.508 e. The molecule has 2 heterocycles. The summed E-state index contributed by atoms with van der Waals surface area (Å²) in [7, 11) is 0. The van der Waals surface area contributed by atoms with Crippen molar-refractivity contribution in [3.05, 3.63) is 76.2 Å². The zero-order valence-electron chi connectivity index (χ0n) is 16.1. The highest BCUT2D eigenvalue weighted by Gasteiger charge is 2.34. The van der Waals surface area contributed by atoms with Gasteiger partial charge in [0.25, 0.3) is 0 Å². The Morgan fingerprint density at radius 1 is 0.966 bits per heavy atom. The van der Waals surface area contributed by atoms with Crippen LogP contribution in [-0.2, 0) is 6.42 Å². The summed E-state index contributed by atoms with van der Waals surface area (Å²) >= 11 is 0. The molecular formula is C24H23N3O2. The largest absolute Gasteiger partial charge is 0.508 e. The van der Waals surface area contributed by atoms with E-state index in [0.717, 1.165) is 48.9 Å². The van der Waals surface area contributed by atoms with E-state index < -0.39 is 0 Å². The number of aromatic amines is 1. The lowest BCUT2D eigenvalue weighted by atomic mass is 9.99. The van der Waals surface area contributed by atoms with Gasteiger partial charge in [-0.3, -0.25) is 9.47 Å². The summed E-state index contributed by atoms with van der Waals surface area (Å²) in [6, 6.07) is 18.7. The van der Waals surface area contributed by atoms with E-state index in [1.165, 1.54) is 16.3 Å². The van der Waals surface area contributed by atoms with Crippen LogP contribution in [0.25, 0.3) is 21.8 Å². The average Bonchev–Trinajstić information content (AvgIpc) is 3.30. The molecule has 1 unspecified atom stereocenters. The van der Waals surface area contributed by atoms with Gasteiger partial charge >= 0.3 is 5.69 Å². The first-order valence-corrected chi connectivity index (χ1v) is 10.4. The van der Waals surface area contributed by atoms with Crippen molar-refractivity contribution in [2.75, 3.05) is 13.1 Å². The average molecular weight is 385 g/mol. The van der Waals surface area contributed by atoms with Gasteiger partial charge in [0.1, 0.15) is 5.75 Å². The lowest BCUT2D eigenvalue weighted by Crippen LogP contribution is -2.39. The van der Waals surface area contributed by atoms with E-state index in [0.29, 0.717) is 11.8 Å². The SMILES string of the molecule is O=c1[nH]c2ccccc2n1C1CCN(C2Cc3c(O)ccc4cccc2c34)CC1. The van der Waals surface area contributed by atoms with Crippen molar-refractivity contribution in [1.82, 2.24) is 14.5 Å². The minimum absolute atomic E-state index is 0.00684. The predicted octanol–water partition coefficient (Wildman–Crippen LogP) is 4.12. The van der Waals surface area contributed by atoms with E-state index in [1.807, 2.05) is 41.0 Å². The number of nitrogens with zero attached hydrogens (tertiary/aromatic N) is 2. The molecule has 6 rings (SSSR count). The second-order valence-corrected chi connectivity index (χ2v) is 8.31. The Morgan fingerprint density at radius 3 is 2.66 bits per heavy atom. The van der Waals surface area contributed by atoms with Gasteiger partial charge in [-0.05, 0) is 53.8 Å². The molecule has 4 aromatic rings. The molecular weight excluding hydrogens is 362 g/mol. The first-order valence-electron chi connectivity index (χ1n) is 10.4. The number of phenols is 1. The maximum atomic E-state index is 12.6. The Balaban J connectivity index is 1.28. The topological polar surface area (TPSA) is 61.3 Å². The zero-order valence-corrected chi connectivity index (χ0v) is 16.1. The van der Waals surface area contributed by atoms with Crippen molar-refractivity contribution in [3.8, 4) is 5.75 Å². The molecule has 1 aliphatic carbocycles. The van der Waals surface area contributed by atoms with E-state index in [-0.39, 0.29) is 11.7 Å². The molecule has 5 heteroatoms. The number of hydrogen-bond acceptors (Lipinski definition) is 3. The maximum Gasteiger partial charge on any atom is 0.326 e. The van der Waals surface area contributed by atoms with Crippen LogP contribution in [0.15, 0.2) is 59.4 Å². The number of hydrogen-bond donors (Lipinski definition) is 2. The number of aromatic hydroxyl groups is 1. The monoisotopic (exact) mass is 385 g/mol. The fourth-order valence-electron chi connectivity index (χ4n) is 5.48. The number of phenolic OH excluding ortho intramolecular Hbond substituents is 1. The number of rotatable bonds is 2. The molecule has 5 nitrogen and oxygen atoms in total. The van der Waals surface area contributed by atoms with Gasteiger partial charge in [-0.2, -0.15) is 0 Å². The molecule has 29 heavy (non-hydrogen) atoms. The quantitative estimate of drug-likeness (QED) is 0.546. The Hall–Kier alpha value is -3.05. The van der Waals surface area contributed by atoms with Crippen molar-refractivity contribution in [3.63, 3.8) is 0 Å². The van der Waals surface area contributed by atoms with Gasteiger partial charge in [-0.25, -0.2) is 4.79 Å². The predicted molar refractivity (Wildman–Crippen MR) is 114 cm³/mol. The molecule has 1 aromatic heterocycles. The van der Waals surface area contributed by atoms with Gasteiger partial charge in [-0.1, -0.05) is 36.4 Å². The number of imidazole rings is 1. The molecule has 0 spiro atoms. The van der Waals surface area contributed by atoms with Crippen molar-refractivity contribution in [1.29, 1.82) is 0 Å². The van der Waals surface area contributed by atoms with Crippen LogP contribution in [0.1, 0.15) is 36.1 Å². The van der Waals surface area contributed by atoms with Gasteiger partial charge in [0.05, 0.1) is 11.0 Å². The number of piperidine rings is 1. The molecule has 2 aliphatic rings. The summed E-state index contributed by atoms with van der Waals surface area (Å²) in [4.78, 5) is 18.1. The normalized spacial score (nSPS) is 20.1. The highest BCUT2D eigenvalue weighted by Crippen LogP contribution is 2.44. The van der Waals surface area contributed by atoms with Crippen LogP contribution in [0, 0.1) is 0 Å². The second kappa shape index (κ2) is 6.22. The third-order valence-electron chi connectivity index (χ3n) is 6.85. The molecule has 0 amide bonds. The van der Waals surface area contributed by atoms with Gasteiger partial charge in [0.2, 0.25) is 0 Å². The lowest BCUT2D eigenvalue weighted by Gasteiger charge is -2.36. The van der Waals surface area contributed by atoms with Gasteiger partial charge in [0.15, 0.2) is 0 Å². The summed E-state index contributed by atoms with van der Waals surface area (Å²) in [6.45, 7) is 1.90. The van der Waals surface area contributed by atoms with Gasteiger partial charge in [-0.15, -0.1) is 0 Å². The summed E-state index contributed by atoms with van der Waals surface area (Å²) in [5, 5.41) is 12.8. The number of likely N-dealkylation sites (tertiary alicyclic amines) is 1. The Labute approximate surface area is 168 Å². The fraction of sp³-hybridized carbons (Fsp3) is 0.292. The number of fused-ring (bicyclic) bond motifs is 1. The first kappa shape index (κ1) is 16.9. The van der Waals surface area contributed by atoms with Gasteiger partial charge in [0, 0.05) is 30.7 Å². The standard InChI is InChI=1S/C24H23N3O2/c28-22-9-8-15-4-3-5-17-21(14-18(22)23(15)17)26-12-10-16(11-13-26)27-20-7-2-1-6-19(20)25-24(27)29/h1-9,16,21,28H,10-14H2,(H,25,29). The van der Waals surface area contributed by atoms with Crippen molar-refractivity contribution < 1.29 is 5.11 Å². The summed E-state index contributed by atoms with van der Waals surface area (Å²) < 4.78 is 1.95. The zero-order chi connectivity index (χ0) is 19.5. The van der Waals surface area contributed by atoms with Crippen molar-refractivity contribution >= 4 is 21.8 Å². The van der Waals surface area contributed by atoms with E-state index in [2.05, 4.69) is 28.1 Å². The van der Waals surface area contributed by atoms with E-state index in [9.17, 15) is 9.90 Å². The molecule has 146 valence electrons. The fourth-order valence-corrected chi connectivity index (χ4v) is 5.48. The highest BCUT2D eigenvalue weighted by molar-refractivity contribution is 5.93. The van der Waals surface area contributed by atoms with Crippen molar-refractivity contribution in [2.24, 2.45) is 0 Å². The van der Waals surface area contributed by atoms with Crippen LogP contribution in [0.3, 0.4) is 0 Å². The highest BCUT2D eigenvalue weighted by atomic mass is 16.3. The smallest absolute Gasteiger partial charge is 0.326 e.